The van der Waals surface area contributed by atoms with Gasteiger partial charge in [0.15, 0.2) is 0 Å². The molecule has 0 saturated carbocycles. The van der Waals surface area contributed by atoms with Gasteiger partial charge in [-0.3, -0.25) is 14.2 Å². The molecule has 0 aliphatic rings. The monoisotopic (exact) mass is 413 g/mol. The van der Waals surface area contributed by atoms with Crippen molar-refractivity contribution in [2.45, 2.75) is 46.1 Å². The summed E-state index contributed by atoms with van der Waals surface area (Å²) in [5.41, 5.74) is -0.770. The fourth-order valence-corrected chi connectivity index (χ4v) is 4.22. The molecule has 3 aromatic rings. The minimum atomic E-state index is -1.47. The van der Waals surface area contributed by atoms with Gasteiger partial charge in [-0.2, -0.15) is 0 Å². The van der Waals surface area contributed by atoms with E-state index in [1.807, 2.05) is 32.0 Å². The highest BCUT2D eigenvalue weighted by atomic mass is 32.1. The van der Waals surface area contributed by atoms with E-state index >= 15 is 0 Å². The van der Waals surface area contributed by atoms with Crippen molar-refractivity contribution >= 4 is 39.1 Å². The van der Waals surface area contributed by atoms with Crippen LogP contribution >= 0.6 is 11.3 Å². The number of aryl methyl sites for hydroxylation is 1. The van der Waals surface area contributed by atoms with Crippen molar-refractivity contribution in [3.8, 4) is 0 Å². The Labute approximate surface area is 172 Å². The Hall–Kier alpha value is -3.00. The van der Waals surface area contributed by atoms with Crippen molar-refractivity contribution in [3.05, 3.63) is 57.0 Å². The number of aromatic nitrogens is 2. The standard InChI is InChI=1S/C21H23N3O4S/c1-11(2)16-23-18-14(19(26)24(16)21(4,5)20(27)28)12(3)15(29-18)17(25)22-13-9-7-6-8-10-13/h6-11H,1-5H3,(H,22,25)(H,27,28). The molecule has 2 heterocycles. The van der Waals surface area contributed by atoms with Crippen LogP contribution in [0, 0.1) is 6.92 Å². The number of amides is 1. The van der Waals surface area contributed by atoms with Crippen LogP contribution in [0.2, 0.25) is 0 Å². The molecule has 2 N–H and O–H groups in total. The number of para-hydroxylation sites is 1. The zero-order valence-corrected chi connectivity index (χ0v) is 17.8. The van der Waals surface area contributed by atoms with Crippen LogP contribution in [0.25, 0.3) is 10.2 Å². The second-order valence-corrected chi connectivity index (χ2v) is 8.68. The van der Waals surface area contributed by atoms with Gasteiger partial charge in [-0.05, 0) is 38.5 Å². The van der Waals surface area contributed by atoms with Gasteiger partial charge in [0, 0.05) is 11.6 Å². The van der Waals surface area contributed by atoms with E-state index in [0.717, 1.165) is 11.3 Å². The number of carbonyl (C=O) groups is 2. The van der Waals surface area contributed by atoms with Gasteiger partial charge in [-0.15, -0.1) is 11.3 Å². The maximum absolute atomic E-state index is 13.4. The number of anilines is 1. The minimum absolute atomic E-state index is 0.172. The van der Waals surface area contributed by atoms with Crippen LogP contribution in [0.5, 0.6) is 0 Å². The number of carbonyl (C=O) groups excluding carboxylic acids is 1. The third kappa shape index (κ3) is 3.55. The highest BCUT2D eigenvalue weighted by molar-refractivity contribution is 7.20. The maximum Gasteiger partial charge on any atom is 0.329 e. The highest BCUT2D eigenvalue weighted by Crippen LogP contribution is 2.31. The normalized spacial score (nSPS) is 11.8. The van der Waals surface area contributed by atoms with Crippen molar-refractivity contribution in [1.82, 2.24) is 9.55 Å². The number of thiophene rings is 1. The summed E-state index contributed by atoms with van der Waals surface area (Å²) < 4.78 is 1.24. The molecule has 29 heavy (non-hydrogen) atoms. The molecule has 0 saturated heterocycles. The van der Waals surface area contributed by atoms with Gasteiger partial charge < -0.3 is 10.4 Å². The molecule has 152 valence electrons. The first-order chi connectivity index (χ1) is 13.6. The smallest absolute Gasteiger partial charge is 0.329 e. The average Bonchev–Trinajstić information content (AvgIpc) is 2.99. The number of hydrogen-bond donors (Lipinski definition) is 2. The van der Waals surface area contributed by atoms with E-state index in [1.54, 1.807) is 19.1 Å². The number of benzene rings is 1. The average molecular weight is 413 g/mol. The molecule has 0 aliphatic heterocycles. The molecule has 0 unspecified atom stereocenters. The van der Waals surface area contributed by atoms with Gasteiger partial charge in [0.25, 0.3) is 11.5 Å². The summed E-state index contributed by atoms with van der Waals surface area (Å²) in [4.78, 5) is 43.4. The molecule has 2 aromatic heterocycles. The van der Waals surface area contributed by atoms with E-state index in [4.69, 9.17) is 0 Å². The number of carboxylic acid groups (broad SMARTS) is 1. The van der Waals surface area contributed by atoms with Crippen molar-refractivity contribution < 1.29 is 14.7 Å². The molecular formula is C21H23N3O4S. The maximum atomic E-state index is 13.4. The Morgan fingerprint density at radius 1 is 1.21 bits per heavy atom. The number of aliphatic carboxylic acids is 1. The predicted molar refractivity (Wildman–Crippen MR) is 114 cm³/mol. The zero-order valence-electron chi connectivity index (χ0n) is 16.9. The minimum Gasteiger partial charge on any atom is -0.480 e. The topological polar surface area (TPSA) is 101 Å². The second-order valence-electron chi connectivity index (χ2n) is 7.69. The first kappa shape index (κ1) is 20.7. The molecule has 3 rings (SSSR count). The Kier molecular flexibility index (Phi) is 5.32. The van der Waals surface area contributed by atoms with Crippen LogP contribution in [0.4, 0.5) is 5.69 Å². The largest absolute Gasteiger partial charge is 0.480 e. The van der Waals surface area contributed by atoms with Crippen molar-refractivity contribution in [2.24, 2.45) is 0 Å². The van der Waals surface area contributed by atoms with Crippen LogP contribution in [0.3, 0.4) is 0 Å². The van der Waals surface area contributed by atoms with Gasteiger partial charge >= 0.3 is 5.97 Å². The number of rotatable bonds is 5. The van der Waals surface area contributed by atoms with Gasteiger partial charge in [0.05, 0.1) is 10.3 Å². The number of fused-ring (bicyclic) bond motifs is 1. The third-order valence-electron chi connectivity index (χ3n) is 4.83. The fraction of sp³-hybridized carbons (Fsp3) is 0.333. The van der Waals surface area contributed by atoms with Crippen LogP contribution in [-0.4, -0.2) is 26.5 Å². The van der Waals surface area contributed by atoms with Gasteiger partial charge in [0.1, 0.15) is 16.2 Å². The van der Waals surface area contributed by atoms with E-state index in [2.05, 4.69) is 10.3 Å². The molecule has 8 heteroatoms. The molecule has 1 aromatic carbocycles. The van der Waals surface area contributed by atoms with Gasteiger partial charge in [0.2, 0.25) is 0 Å². The fourth-order valence-electron chi connectivity index (χ4n) is 3.15. The Balaban J connectivity index is 2.22. The lowest BCUT2D eigenvalue weighted by Gasteiger charge is -2.26. The summed E-state index contributed by atoms with van der Waals surface area (Å²) in [6, 6.07) is 9.04. The van der Waals surface area contributed by atoms with Crippen LogP contribution in [0.1, 0.15) is 54.7 Å². The predicted octanol–water partition coefficient (Wildman–Crippen LogP) is 3.96. The van der Waals surface area contributed by atoms with Crippen LogP contribution in [-0.2, 0) is 10.3 Å². The SMILES string of the molecule is Cc1c(C(=O)Nc2ccccc2)sc2nc(C(C)C)n(C(C)(C)C(=O)O)c(=O)c12. The quantitative estimate of drug-likeness (QED) is 0.659. The highest BCUT2D eigenvalue weighted by Gasteiger charge is 2.35. The molecule has 0 spiro atoms. The number of nitrogens with zero attached hydrogens (tertiary/aromatic N) is 2. The number of nitrogens with one attached hydrogen (secondary N) is 1. The first-order valence-corrected chi connectivity index (χ1v) is 10.0. The lowest BCUT2D eigenvalue weighted by atomic mass is 10.0. The summed E-state index contributed by atoms with van der Waals surface area (Å²) in [5, 5.41) is 12.8. The molecule has 0 bridgehead atoms. The molecule has 1 amide bonds. The van der Waals surface area contributed by atoms with E-state index in [-0.39, 0.29) is 17.2 Å². The Bertz CT molecular complexity index is 1160. The van der Waals surface area contributed by atoms with Gasteiger partial charge in [-0.1, -0.05) is 32.0 Å². The summed E-state index contributed by atoms with van der Waals surface area (Å²) in [6.07, 6.45) is 0. The molecule has 0 atom stereocenters. The lowest BCUT2D eigenvalue weighted by Crippen LogP contribution is -2.45. The van der Waals surface area contributed by atoms with Crippen LogP contribution in [0.15, 0.2) is 35.1 Å². The summed E-state index contributed by atoms with van der Waals surface area (Å²) in [5.74, 6) is -1.25. The van der Waals surface area contributed by atoms with E-state index in [0.29, 0.717) is 26.8 Å². The summed E-state index contributed by atoms with van der Waals surface area (Å²) in [6.45, 7) is 8.34. The van der Waals surface area contributed by atoms with Crippen molar-refractivity contribution in [2.75, 3.05) is 5.32 Å². The van der Waals surface area contributed by atoms with E-state index in [1.165, 1.54) is 18.4 Å². The third-order valence-corrected chi connectivity index (χ3v) is 6.01. The van der Waals surface area contributed by atoms with E-state index in [9.17, 15) is 19.5 Å². The molecule has 7 nitrogen and oxygen atoms in total. The Morgan fingerprint density at radius 3 is 2.38 bits per heavy atom. The second kappa shape index (κ2) is 7.44. The van der Waals surface area contributed by atoms with Gasteiger partial charge in [-0.25, -0.2) is 9.78 Å². The summed E-state index contributed by atoms with van der Waals surface area (Å²) >= 11 is 1.14. The lowest BCUT2D eigenvalue weighted by molar-refractivity contribution is -0.146. The first-order valence-electron chi connectivity index (χ1n) is 9.22. The number of hydrogen-bond acceptors (Lipinski definition) is 5. The molecular weight excluding hydrogens is 390 g/mol. The van der Waals surface area contributed by atoms with Crippen LogP contribution < -0.4 is 10.9 Å². The Morgan fingerprint density at radius 2 is 1.83 bits per heavy atom. The molecule has 0 aliphatic carbocycles. The summed E-state index contributed by atoms with van der Waals surface area (Å²) in [7, 11) is 0. The van der Waals surface area contributed by atoms with Crippen molar-refractivity contribution in [1.29, 1.82) is 0 Å². The zero-order chi connectivity index (χ0) is 21.5. The van der Waals surface area contributed by atoms with Crippen molar-refractivity contribution in [3.63, 3.8) is 0 Å². The van der Waals surface area contributed by atoms with E-state index < -0.39 is 17.1 Å². The number of carboxylic acids is 1. The molecule has 0 fully saturated rings. The molecule has 0 radical (unpaired) electrons.